The molecule has 0 aliphatic rings. The second-order valence-electron chi connectivity index (χ2n) is 6.43. The largest absolute Gasteiger partial charge is 0.497 e. The first kappa shape index (κ1) is 21.7. The second-order valence-corrected chi connectivity index (χ2v) is 6.43. The number of ether oxygens (including phenoxy) is 1. The van der Waals surface area contributed by atoms with Crippen molar-refractivity contribution in [3.05, 3.63) is 65.7 Å². The maximum absolute atomic E-state index is 12.2. The van der Waals surface area contributed by atoms with E-state index in [0.29, 0.717) is 12.2 Å². The van der Waals surface area contributed by atoms with Crippen molar-refractivity contribution in [1.29, 1.82) is 0 Å². The third-order valence-corrected chi connectivity index (χ3v) is 4.04. The van der Waals surface area contributed by atoms with Crippen LogP contribution in [0.4, 0.5) is 5.69 Å². The van der Waals surface area contributed by atoms with Gasteiger partial charge in [-0.3, -0.25) is 14.4 Å². The second kappa shape index (κ2) is 10.7. The van der Waals surface area contributed by atoms with Crippen molar-refractivity contribution in [2.45, 2.75) is 26.4 Å². The zero-order valence-electron chi connectivity index (χ0n) is 16.7. The molecule has 0 bridgehead atoms. The summed E-state index contributed by atoms with van der Waals surface area (Å²) in [5.74, 6) is -0.0522. The van der Waals surface area contributed by atoms with Crippen molar-refractivity contribution in [3.63, 3.8) is 0 Å². The van der Waals surface area contributed by atoms with Crippen LogP contribution in [0.15, 0.2) is 54.6 Å². The van der Waals surface area contributed by atoms with Gasteiger partial charge in [0, 0.05) is 25.2 Å². The third-order valence-electron chi connectivity index (χ3n) is 4.04. The Morgan fingerprint density at radius 3 is 2.28 bits per heavy atom. The van der Waals surface area contributed by atoms with Gasteiger partial charge in [-0.05, 0) is 48.4 Å². The molecule has 2 rings (SSSR count). The van der Waals surface area contributed by atoms with E-state index in [4.69, 9.17) is 4.74 Å². The molecule has 0 saturated carbocycles. The quantitative estimate of drug-likeness (QED) is 0.598. The van der Waals surface area contributed by atoms with Crippen molar-refractivity contribution in [2.24, 2.45) is 0 Å². The first-order valence-corrected chi connectivity index (χ1v) is 9.14. The summed E-state index contributed by atoms with van der Waals surface area (Å²) in [6, 6.07) is 13.7. The number of amides is 3. The molecule has 0 spiro atoms. The number of carbonyl (C=O) groups excluding carboxylic acids is 3. The minimum Gasteiger partial charge on any atom is -0.497 e. The summed E-state index contributed by atoms with van der Waals surface area (Å²) < 4.78 is 5.09. The molecule has 7 heteroatoms. The third kappa shape index (κ3) is 7.50. The lowest BCUT2D eigenvalue weighted by Gasteiger charge is -2.13. The Balaban J connectivity index is 1.79. The smallest absolute Gasteiger partial charge is 0.244 e. The van der Waals surface area contributed by atoms with Gasteiger partial charge >= 0.3 is 0 Å². The van der Waals surface area contributed by atoms with Gasteiger partial charge in [-0.2, -0.15) is 0 Å². The fourth-order valence-corrected chi connectivity index (χ4v) is 2.47. The molecule has 0 aliphatic heterocycles. The SMILES string of the molecule is COc1ccc(C=CC(=O)NC(C)C(=O)NCc2ccc(NC(C)=O)cc2)cc1. The van der Waals surface area contributed by atoms with E-state index >= 15 is 0 Å². The Bertz CT molecular complexity index is 874. The Labute approximate surface area is 170 Å². The van der Waals surface area contributed by atoms with Crippen molar-refractivity contribution >= 4 is 29.5 Å². The number of methoxy groups -OCH3 is 1. The fraction of sp³-hybridized carbons (Fsp3) is 0.227. The number of benzene rings is 2. The molecule has 0 aliphatic carbocycles. The molecule has 2 aromatic rings. The zero-order chi connectivity index (χ0) is 21.2. The van der Waals surface area contributed by atoms with E-state index in [1.165, 1.54) is 13.0 Å². The molecule has 0 aromatic heterocycles. The van der Waals surface area contributed by atoms with E-state index in [1.54, 1.807) is 44.4 Å². The van der Waals surface area contributed by atoms with Gasteiger partial charge in [0.25, 0.3) is 0 Å². The minimum atomic E-state index is -0.679. The molecule has 152 valence electrons. The summed E-state index contributed by atoms with van der Waals surface area (Å²) in [6.45, 7) is 3.38. The fourth-order valence-electron chi connectivity index (χ4n) is 2.47. The van der Waals surface area contributed by atoms with Gasteiger partial charge in [-0.25, -0.2) is 0 Å². The predicted molar refractivity (Wildman–Crippen MR) is 112 cm³/mol. The monoisotopic (exact) mass is 395 g/mol. The molecule has 0 saturated heterocycles. The summed E-state index contributed by atoms with van der Waals surface area (Å²) in [7, 11) is 1.59. The van der Waals surface area contributed by atoms with Gasteiger partial charge in [-0.15, -0.1) is 0 Å². The van der Waals surface area contributed by atoms with Crippen LogP contribution in [0.1, 0.15) is 25.0 Å². The van der Waals surface area contributed by atoms with Crippen LogP contribution in [0, 0.1) is 0 Å². The van der Waals surface area contributed by atoms with Gasteiger partial charge in [-0.1, -0.05) is 24.3 Å². The van der Waals surface area contributed by atoms with Crippen LogP contribution < -0.4 is 20.7 Å². The summed E-state index contributed by atoms with van der Waals surface area (Å²) >= 11 is 0. The Hall–Kier alpha value is -3.61. The molecular formula is C22H25N3O4. The van der Waals surface area contributed by atoms with Crippen molar-refractivity contribution in [1.82, 2.24) is 10.6 Å². The van der Waals surface area contributed by atoms with Gasteiger partial charge in [0.15, 0.2) is 0 Å². The van der Waals surface area contributed by atoms with Crippen LogP contribution in [0.5, 0.6) is 5.75 Å². The first-order valence-electron chi connectivity index (χ1n) is 9.14. The number of nitrogens with one attached hydrogen (secondary N) is 3. The number of carbonyl (C=O) groups is 3. The van der Waals surface area contributed by atoms with E-state index in [0.717, 1.165) is 16.9 Å². The van der Waals surface area contributed by atoms with E-state index in [2.05, 4.69) is 16.0 Å². The molecule has 2 aromatic carbocycles. The first-order chi connectivity index (χ1) is 13.9. The minimum absolute atomic E-state index is 0.142. The molecule has 3 amide bonds. The lowest BCUT2D eigenvalue weighted by atomic mass is 10.2. The molecule has 0 radical (unpaired) electrons. The average Bonchev–Trinajstić information content (AvgIpc) is 2.71. The highest BCUT2D eigenvalue weighted by Crippen LogP contribution is 2.12. The maximum Gasteiger partial charge on any atom is 0.244 e. The summed E-state index contributed by atoms with van der Waals surface area (Å²) in [4.78, 5) is 35.2. The van der Waals surface area contributed by atoms with E-state index in [-0.39, 0.29) is 17.7 Å². The van der Waals surface area contributed by atoms with E-state index < -0.39 is 6.04 Å². The van der Waals surface area contributed by atoms with Crippen LogP contribution in [0.3, 0.4) is 0 Å². The molecule has 29 heavy (non-hydrogen) atoms. The highest BCUT2D eigenvalue weighted by molar-refractivity contribution is 5.95. The van der Waals surface area contributed by atoms with Crippen molar-refractivity contribution in [2.75, 3.05) is 12.4 Å². The van der Waals surface area contributed by atoms with Crippen LogP contribution in [-0.4, -0.2) is 30.9 Å². The summed E-state index contributed by atoms with van der Waals surface area (Å²) in [5.41, 5.74) is 2.42. The molecule has 0 heterocycles. The van der Waals surface area contributed by atoms with E-state index in [1.807, 2.05) is 24.3 Å². The lowest BCUT2D eigenvalue weighted by molar-refractivity contribution is -0.126. The number of hydrogen-bond acceptors (Lipinski definition) is 4. The van der Waals surface area contributed by atoms with Gasteiger partial charge < -0.3 is 20.7 Å². The summed E-state index contributed by atoms with van der Waals surface area (Å²) in [5, 5.41) is 8.08. The van der Waals surface area contributed by atoms with Crippen LogP contribution in [0.2, 0.25) is 0 Å². The number of anilines is 1. The van der Waals surface area contributed by atoms with Crippen LogP contribution >= 0.6 is 0 Å². The van der Waals surface area contributed by atoms with Crippen LogP contribution in [0.25, 0.3) is 6.08 Å². The van der Waals surface area contributed by atoms with Crippen molar-refractivity contribution < 1.29 is 19.1 Å². The normalized spacial score (nSPS) is 11.6. The Morgan fingerprint density at radius 2 is 1.69 bits per heavy atom. The van der Waals surface area contributed by atoms with Crippen molar-refractivity contribution in [3.8, 4) is 5.75 Å². The summed E-state index contributed by atoms with van der Waals surface area (Å²) in [6.07, 6.45) is 3.04. The zero-order valence-corrected chi connectivity index (χ0v) is 16.7. The standard InChI is InChI=1S/C22H25N3O4/c1-15(24-21(27)13-8-17-6-11-20(29-3)12-7-17)22(28)23-14-18-4-9-19(10-5-18)25-16(2)26/h4-13,15H,14H2,1-3H3,(H,23,28)(H,24,27)(H,25,26). The molecule has 0 fully saturated rings. The van der Waals surface area contributed by atoms with Gasteiger partial charge in [0.05, 0.1) is 7.11 Å². The molecule has 7 nitrogen and oxygen atoms in total. The molecule has 3 N–H and O–H groups in total. The Morgan fingerprint density at radius 1 is 1.03 bits per heavy atom. The molecule has 1 unspecified atom stereocenters. The molecular weight excluding hydrogens is 370 g/mol. The maximum atomic E-state index is 12.2. The lowest BCUT2D eigenvalue weighted by Crippen LogP contribution is -2.44. The van der Waals surface area contributed by atoms with E-state index in [9.17, 15) is 14.4 Å². The number of hydrogen-bond donors (Lipinski definition) is 3. The Kier molecular flexibility index (Phi) is 7.97. The highest BCUT2D eigenvalue weighted by Gasteiger charge is 2.13. The molecule has 1 atom stereocenters. The topological polar surface area (TPSA) is 96.5 Å². The average molecular weight is 395 g/mol. The van der Waals surface area contributed by atoms with Crippen LogP contribution in [-0.2, 0) is 20.9 Å². The predicted octanol–water partition coefficient (Wildman–Crippen LogP) is 2.49. The number of rotatable bonds is 8. The highest BCUT2D eigenvalue weighted by atomic mass is 16.5. The van der Waals surface area contributed by atoms with Gasteiger partial charge in [0.2, 0.25) is 17.7 Å². The van der Waals surface area contributed by atoms with Gasteiger partial charge in [0.1, 0.15) is 11.8 Å².